The maximum Gasteiger partial charge on any atom is 0.226 e. The van der Waals surface area contributed by atoms with E-state index >= 15 is 0 Å². The standard InChI is InChI=1S/C13H16N2O2/c1-2-15(10-9-14)13(16)8-11-17-12-6-4-3-5-7-12/h3-7H,2,8,10-11H2,1H3. The number of hydrogen-bond donors (Lipinski definition) is 0. The van der Waals surface area contributed by atoms with E-state index in [0.29, 0.717) is 19.6 Å². The molecular weight excluding hydrogens is 216 g/mol. The number of para-hydroxylation sites is 1. The summed E-state index contributed by atoms with van der Waals surface area (Å²) in [5.74, 6) is 0.702. The highest BCUT2D eigenvalue weighted by Crippen LogP contribution is 2.08. The van der Waals surface area contributed by atoms with E-state index < -0.39 is 0 Å². The number of hydrogen-bond acceptors (Lipinski definition) is 3. The van der Waals surface area contributed by atoms with Crippen molar-refractivity contribution in [1.82, 2.24) is 4.90 Å². The van der Waals surface area contributed by atoms with Gasteiger partial charge in [0.1, 0.15) is 12.3 Å². The molecule has 1 amide bonds. The highest BCUT2D eigenvalue weighted by molar-refractivity contribution is 5.76. The summed E-state index contributed by atoms with van der Waals surface area (Å²) in [6.45, 7) is 2.89. The molecule has 4 nitrogen and oxygen atoms in total. The van der Waals surface area contributed by atoms with Crippen molar-refractivity contribution in [1.29, 1.82) is 5.26 Å². The molecule has 0 heterocycles. The molecule has 0 aliphatic carbocycles. The maximum absolute atomic E-state index is 11.6. The van der Waals surface area contributed by atoms with Gasteiger partial charge in [-0.2, -0.15) is 5.26 Å². The van der Waals surface area contributed by atoms with Crippen molar-refractivity contribution in [3.05, 3.63) is 30.3 Å². The summed E-state index contributed by atoms with van der Waals surface area (Å²) in [6.07, 6.45) is 0.296. The van der Waals surface area contributed by atoms with Crippen molar-refractivity contribution >= 4 is 5.91 Å². The molecule has 0 N–H and O–H groups in total. The lowest BCUT2D eigenvalue weighted by atomic mass is 10.3. The number of benzene rings is 1. The van der Waals surface area contributed by atoms with E-state index in [2.05, 4.69) is 0 Å². The number of nitriles is 1. The Hall–Kier alpha value is -2.02. The molecule has 1 rings (SSSR count). The molecule has 0 unspecified atom stereocenters. The van der Waals surface area contributed by atoms with Gasteiger partial charge in [-0.15, -0.1) is 0 Å². The molecule has 0 bridgehead atoms. The lowest BCUT2D eigenvalue weighted by Crippen LogP contribution is -2.32. The SMILES string of the molecule is CCN(CC#N)C(=O)CCOc1ccccc1. The second kappa shape index (κ2) is 7.29. The maximum atomic E-state index is 11.6. The molecule has 0 radical (unpaired) electrons. The molecule has 4 heteroatoms. The molecule has 0 aromatic heterocycles. The molecule has 0 fully saturated rings. The fourth-order valence-corrected chi connectivity index (χ4v) is 1.39. The van der Waals surface area contributed by atoms with Crippen LogP contribution in [-0.2, 0) is 4.79 Å². The molecule has 17 heavy (non-hydrogen) atoms. The Balaban J connectivity index is 2.31. The van der Waals surface area contributed by atoms with Crippen molar-refractivity contribution in [2.75, 3.05) is 19.7 Å². The summed E-state index contributed by atoms with van der Waals surface area (Å²) in [5, 5.41) is 8.54. The Morgan fingerprint density at radius 3 is 2.71 bits per heavy atom. The normalized spacial score (nSPS) is 9.41. The Morgan fingerprint density at radius 2 is 2.12 bits per heavy atom. The Labute approximate surface area is 101 Å². The van der Waals surface area contributed by atoms with Gasteiger partial charge < -0.3 is 9.64 Å². The zero-order chi connectivity index (χ0) is 12.5. The summed E-state index contributed by atoms with van der Waals surface area (Å²) < 4.78 is 5.42. The van der Waals surface area contributed by atoms with E-state index in [0.717, 1.165) is 5.75 Å². The largest absolute Gasteiger partial charge is 0.493 e. The number of carbonyl (C=O) groups is 1. The molecular formula is C13H16N2O2. The molecule has 0 atom stereocenters. The minimum absolute atomic E-state index is 0.0509. The van der Waals surface area contributed by atoms with E-state index in [4.69, 9.17) is 10.00 Å². The fourth-order valence-electron chi connectivity index (χ4n) is 1.39. The van der Waals surface area contributed by atoms with Crippen molar-refractivity contribution < 1.29 is 9.53 Å². The second-order valence-electron chi connectivity index (χ2n) is 3.48. The van der Waals surface area contributed by atoms with Crippen LogP contribution in [0.4, 0.5) is 0 Å². The lowest BCUT2D eigenvalue weighted by Gasteiger charge is -2.17. The molecule has 0 spiro atoms. The monoisotopic (exact) mass is 232 g/mol. The topological polar surface area (TPSA) is 53.3 Å². The zero-order valence-electron chi connectivity index (χ0n) is 9.93. The van der Waals surface area contributed by atoms with E-state index in [9.17, 15) is 4.79 Å². The summed E-state index contributed by atoms with van der Waals surface area (Å²) in [6, 6.07) is 11.3. The van der Waals surface area contributed by atoms with E-state index in [1.54, 1.807) is 0 Å². The summed E-state index contributed by atoms with van der Waals surface area (Å²) in [5.41, 5.74) is 0. The zero-order valence-corrected chi connectivity index (χ0v) is 9.93. The van der Waals surface area contributed by atoms with Gasteiger partial charge in [-0.25, -0.2) is 0 Å². The lowest BCUT2D eigenvalue weighted by molar-refractivity contribution is -0.130. The van der Waals surface area contributed by atoms with Crippen LogP contribution in [0, 0.1) is 11.3 Å². The molecule has 1 aromatic rings. The first kappa shape index (κ1) is 13.0. The van der Waals surface area contributed by atoms with Gasteiger partial charge in [0, 0.05) is 6.54 Å². The third-order valence-electron chi connectivity index (χ3n) is 2.32. The first-order chi connectivity index (χ1) is 8.27. The molecule has 1 aromatic carbocycles. The van der Waals surface area contributed by atoms with Crippen LogP contribution in [0.5, 0.6) is 5.75 Å². The number of carbonyl (C=O) groups excluding carboxylic acids is 1. The van der Waals surface area contributed by atoms with Gasteiger partial charge >= 0.3 is 0 Å². The summed E-state index contributed by atoms with van der Waals surface area (Å²) in [4.78, 5) is 13.2. The average Bonchev–Trinajstić information content (AvgIpc) is 2.37. The van der Waals surface area contributed by atoms with Crippen LogP contribution in [-0.4, -0.2) is 30.5 Å². The van der Waals surface area contributed by atoms with Crippen LogP contribution in [0.2, 0.25) is 0 Å². The van der Waals surface area contributed by atoms with Crippen molar-refractivity contribution in [3.63, 3.8) is 0 Å². The van der Waals surface area contributed by atoms with Gasteiger partial charge in [0.15, 0.2) is 0 Å². The van der Waals surface area contributed by atoms with Crippen LogP contribution >= 0.6 is 0 Å². The number of nitrogens with zero attached hydrogens (tertiary/aromatic N) is 2. The van der Waals surface area contributed by atoms with Crippen LogP contribution in [0.15, 0.2) is 30.3 Å². The van der Waals surface area contributed by atoms with Crippen LogP contribution in [0.25, 0.3) is 0 Å². The first-order valence-electron chi connectivity index (χ1n) is 5.60. The first-order valence-corrected chi connectivity index (χ1v) is 5.60. The second-order valence-corrected chi connectivity index (χ2v) is 3.48. The molecule has 0 saturated carbocycles. The molecule has 0 aliphatic rings. The Kier molecular flexibility index (Phi) is 5.59. The van der Waals surface area contributed by atoms with Crippen molar-refractivity contribution in [3.8, 4) is 11.8 Å². The smallest absolute Gasteiger partial charge is 0.226 e. The van der Waals surface area contributed by atoms with Gasteiger partial charge in [0.25, 0.3) is 0 Å². The Morgan fingerprint density at radius 1 is 1.41 bits per heavy atom. The van der Waals surface area contributed by atoms with Crippen molar-refractivity contribution in [2.45, 2.75) is 13.3 Å². The molecule has 0 saturated heterocycles. The third kappa shape index (κ3) is 4.56. The van der Waals surface area contributed by atoms with Gasteiger partial charge in [-0.3, -0.25) is 4.79 Å². The van der Waals surface area contributed by atoms with Gasteiger partial charge in [0.2, 0.25) is 5.91 Å². The van der Waals surface area contributed by atoms with E-state index in [1.807, 2.05) is 43.3 Å². The highest BCUT2D eigenvalue weighted by Gasteiger charge is 2.10. The van der Waals surface area contributed by atoms with Crippen LogP contribution in [0.3, 0.4) is 0 Å². The average molecular weight is 232 g/mol. The highest BCUT2D eigenvalue weighted by atomic mass is 16.5. The number of amides is 1. The summed E-state index contributed by atoms with van der Waals surface area (Å²) in [7, 11) is 0. The predicted molar refractivity (Wildman–Crippen MR) is 64.4 cm³/mol. The minimum Gasteiger partial charge on any atom is -0.493 e. The van der Waals surface area contributed by atoms with Gasteiger partial charge in [-0.05, 0) is 19.1 Å². The quantitative estimate of drug-likeness (QED) is 0.703. The predicted octanol–water partition coefficient (Wildman–Crippen LogP) is 1.83. The molecule has 0 aliphatic heterocycles. The van der Waals surface area contributed by atoms with Gasteiger partial charge in [0.05, 0.1) is 19.1 Å². The molecule has 90 valence electrons. The summed E-state index contributed by atoms with van der Waals surface area (Å²) >= 11 is 0. The minimum atomic E-state index is -0.0509. The number of ether oxygens (including phenoxy) is 1. The van der Waals surface area contributed by atoms with Crippen LogP contribution in [0.1, 0.15) is 13.3 Å². The van der Waals surface area contributed by atoms with E-state index in [-0.39, 0.29) is 12.5 Å². The fraction of sp³-hybridized carbons (Fsp3) is 0.385. The van der Waals surface area contributed by atoms with Crippen LogP contribution < -0.4 is 4.74 Å². The van der Waals surface area contributed by atoms with E-state index in [1.165, 1.54) is 4.90 Å². The Bertz CT molecular complexity index is 384. The third-order valence-corrected chi connectivity index (χ3v) is 2.32. The number of rotatable bonds is 6. The van der Waals surface area contributed by atoms with Gasteiger partial charge in [-0.1, -0.05) is 18.2 Å². The van der Waals surface area contributed by atoms with Crippen molar-refractivity contribution in [2.24, 2.45) is 0 Å².